The van der Waals surface area contributed by atoms with Gasteiger partial charge in [0.1, 0.15) is 23.0 Å². The van der Waals surface area contributed by atoms with Crippen LogP contribution in [0, 0.1) is 0 Å². The maximum absolute atomic E-state index is 6.51. The molecule has 19 rings (SSSR count). The second-order valence-electron chi connectivity index (χ2n) is 24.2. The second kappa shape index (κ2) is 18.8. The fourth-order valence-corrected chi connectivity index (χ4v) is 15.7. The summed E-state index contributed by atoms with van der Waals surface area (Å²) in [6.45, 7) is 4.83. The van der Waals surface area contributed by atoms with Crippen LogP contribution >= 0.6 is 0 Å². The maximum Gasteiger partial charge on any atom is 0.260 e. The van der Waals surface area contributed by atoms with Crippen molar-refractivity contribution in [2.45, 2.75) is 24.7 Å². The van der Waals surface area contributed by atoms with E-state index in [4.69, 9.17) is 9.47 Å². The Kier molecular flexibility index (Phi) is 10.7. The summed E-state index contributed by atoms with van der Waals surface area (Å²) in [5.41, 5.74) is 28.3. The maximum atomic E-state index is 6.51. The normalized spacial score (nSPS) is 14.0. The van der Waals surface area contributed by atoms with E-state index < -0.39 is 5.41 Å². The van der Waals surface area contributed by atoms with Gasteiger partial charge in [-0.1, -0.05) is 244 Å². The molecule has 0 fully saturated rings. The van der Waals surface area contributed by atoms with Crippen molar-refractivity contribution in [2.75, 3.05) is 4.90 Å². The molecule has 3 aliphatic carbocycles. The summed E-state index contributed by atoms with van der Waals surface area (Å²) in [4.78, 5) is 2.51. The molecule has 3 heterocycles. The van der Waals surface area contributed by atoms with Crippen LogP contribution in [0.15, 0.2) is 297 Å². The minimum Gasteiger partial charge on any atom is -0.458 e. The third-order valence-corrected chi connectivity index (χ3v) is 19.4. The second-order valence-corrected chi connectivity index (χ2v) is 24.2. The number of hydrogen-bond acceptors (Lipinski definition) is 3. The number of rotatable bonds is 5. The van der Waals surface area contributed by atoms with Crippen LogP contribution in [0.25, 0.3) is 72.0 Å². The highest BCUT2D eigenvalue weighted by atomic mass is 16.5. The average Bonchev–Trinajstić information content (AvgIpc) is 1.54. The number of hydrogen-bond donors (Lipinski definition) is 0. The monoisotopic (exact) mass is 1110 g/mol. The van der Waals surface area contributed by atoms with Gasteiger partial charge >= 0.3 is 0 Å². The molecule has 2 aliphatic heterocycles. The summed E-state index contributed by atoms with van der Waals surface area (Å²) in [7, 11) is 0. The predicted octanol–water partition coefficient (Wildman–Crippen LogP) is 19.0. The Morgan fingerprint density at radius 1 is 0.345 bits per heavy atom. The summed E-state index contributed by atoms with van der Waals surface area (Å²) in [6, 6.07) is 108. The van der Waals surface area contributed by atoms with E-state index in [1.165, 1.54) is 116 Å². The van der Waals surface area contributed by atoms with Crippen molar-refractivity contribution < 1.29 is 9.47 Å². The van der Waals surface area contributed by atoms with Crippen LogP contribution in [0.4, 0.5) is 17.1 Å². The van der Waals surface area contributed by atoms with Crippen molar-refractivity contribution in [3.8, 4) is 73.2 Å². The molecule has 0 radical (unpaired) electrons. The average molecular weight is 1110 g/mol. The summed E-state index contributed by atoms with van der Waals surface area (Å²) < 4.78 is 15.3. The predicted molar refractivity (Wildman–Crippen MR) is 359 cm³/mol. The lowest BCUT2D eigenvalue weighted by Crippen LogP contribution is -2.57. The first-order valence-electron chi connectivity index (χ1n) is 30.3. The highest BCUT2D eigenvalue weighted by Gasteiger charge is 2.52. The molecule has 0 bridgehead atoms. The number of benzene rings is 13. The first-order chi connectivity index (χ1) is 42.9. The molecule has 1 spiro atoms. The van der Waals surface area contributed by atoms with Gasteiger partial charge in [0.25, 0.3) is 6.71 Å². The molecule has 408 valence electrons. The van der Waals surface area contributed by atoms with Crippen LogP contribution in [-0.2, 0) is 10.8 Å². The van der Waals surface area contributed by atoms with E-state index >= 15 is 0 Å². The van der Waals surface area contributed by atoms with Crippen molar-refractivity contribution in [2.24, 2.45) is 0 Å². The lowest BCUT2D eigenvalue weighted by atomic mass is 9.35. The van der Waals surface area contributed by atoms with E-state index in [1.807, 2.05) is 12.1 Å². The van der Waals surface area contributed by atoms with Crippen LogP contribution in [0.2, 0.25) is 0 Å². The zero-order valence-corrected chi connectivity index (χ0v) is 48.1. The molecule has 1 aromatic heterocycles. The number of nitrogens with zero attached hydrogens (tertiary/aromatic N) is 2. The fourth-order valence-electron chi connectivity index (χ4n) is 15.7. The van der Waals surface area contributed by atoms with Crippen molar-refractivity contribution in [3.63, 3.8) is 0 Å². The Labute approximate surface area is 506 Å². The minimum absolute atomic E-state index is 0.0899. The molecular formula is C82H55BN2O2. The van der Waals surface area contributed by atoms with Crippen molar-refractivity contribution in [1.82, 2.24) is 4.57 Å². The van der Waals surface area contributed by atoms with E-state index in [0.717, 1.165) is 45.5 Å². The Morgan fingerprint density at radius 3 is 1.43 bits per heavy atom. The number of para-hydroxylation sites is 4. The molecule has 0 amide bonds. The Bertz CT molecular complexity index is 5000. The van der Waals surface area contributed by atoms with E-state index in [0.29, 0.717) is 0 Å². The first kappa shape index (κ1) is 49.5. The van der Waals surface area contributed by atoms with Gasteiger partial charge in [-0.25, -0.2) is 0 Å². The number of anilines is 3. The lowest BCUT2D eigenvalue weighted by Gasteiger charge is -2.33. The largest absolute Gasteiger partial charge is 0.458 e. The van der Waals surface area contributed by atoms with Crippen LogP contribution in [0.1, 0.15) is 47.2 Å². The van der Waals surface area contributed by atoms with Gasteiger partial charge in [0, 0.05) is 50.7 Å². The van der Waals surface area contributed by atoms with Gasteiger partial charge in [-0.3, -0.25) is 0 Å². The number of fused-ring (bicyclic) bond motifs is 20. The molecule has 13 aromatic carbocycles. The molecule has 0 saturated heterocycles. The quantitative estimate of drug-likeness (QED) is 0.161. The van der Waals surface area contributed by atoms with E-state index in [9.17, 15) is 0 Å². The highest BCUT2D eigenvalue weighted by molar-refractivity contribution is 6.98. The molecule has 87 heavy (non-hydrogen) atoms. The van der Waals surface area contributed by atoms with E-state index in [2.05, 4.69) is 308 Å². The summed E-state index contributed by atoms with van der Waals surface area (Å²) >= 11 is 0. The summed E-state index contributed by atoms with van der Waals surface area (Å²) in [6.07, 6.45) is 0. The van der Waals surface area contributed by atoms with Crippen LogP contribution in [0.3, 0.4) is 0 Å². The zero-order chi connectivity index (χ0) is 57.5. The van der Waals surface area contributed by atoms with Crippen LogP contribution < -0.4 is 30.8 Å². The smallest absolute Gasteiger partial charge is 0.260 e. The third kappa shape index (κ3) is 7.08. The van der Waals surface area contributed by atoms with Crippen molar-refractivity contribution >= 4 is 62.0 Å². The van der Waals surface area contributed by atoms with E-state index in [1.54, 1.807) is 0 Å². The lowest BCUT2D eigenvalue weighted by molar-refractivity contribution is 0.464. The van der Waals surface area contributed by atoms with Crippen LogP contribution in [0.5, 0.6) is 23.0 Å². The van der Waals surface area contributed by atoms with Gasteiger partial charge in [0.2, 0.25) is 0 Å². The highest BCUT2D eigenvalue weighted by Crippen LogP contribution is 2.65. The summed E-state index contributed by atoms with van der Waals surface area (Å²) in [5, 5.41) is 2.47. The third-order valence-electron chi connectivity index (χ3n) is 19.4. The molecule has 0 saturated carbocycles. The standard InChI is InChI=1S/C52H37N.C30H18BNO2/c1-51(2)43-21-10-6-17-38(43)41-32-31-37(33-48(41)51)53(36-29-27-35(28-30-36)34-15-4-3-5-16-34)49-26-14-25-47-50(49)42-20-9-13-24-46(42)52(47)44-22-11-7-18-39(44)40-19-8-12-23-45(40)52;1-5-13-24-20(9-1)21-10-2-6-14-25(21)32(24)19-17-28-30-29(18-19)34-27-16-8-4-12-23(27)31(30)22-11-3-7-15-26(22)33-28/h3-33H,1-2H3;1-18H. The molecule has 14 aromatic rings. The summed E-state index contributed by atoms with van der Waals surface area (Å²) in [5.74, 6) is 3.52. The zero-order valence-electron chi connectivity index (χ0n) is 48.1. The molecule has 5 aliphatic rings. The SMILES string of the molecule is CC1(C)c2ccccc2-c2ccc(N(c3ccc(-c4ccccc4)cc3)c3cccc4c3-c3ccccc3C43c4ccccc4-c4ccccc43)cc21.c1ccc2c(c1)Oc1cc(-n3c4ccccc4c4ccccc43)cc3c1B2c1ccccc1O3. The molecule has 0 unspecified atom stereocenters. The van der Waals surface area contributed by atoms with Gasteiger partial charge in [-0.2, -0.15) is 0 Å². The van der Waals surface area contributed by atoms with E-state index in [-0.39, 0.29) is 12.1 Å². The van der Waals surface area contributed by atoms with Crippen molar-refractivity contribution in [3.05, 3.63) is 331 Å². The minimum atomic E-state index is -0.403. The first-order valence-corrected chi connectivity index (χ1v) is 30.3. The Balaban J connectivity index is 0.000000144. The molecular weight excluding hydrogens is 1060 g/mol. The van der Waals surface area contributed by atoms with Gasteiger partial charge in [0.05, 0.1) is 27.8 Å². The van der Waals surface area contributed by atoms with Crippen LogP contribution in [-0.4, -0.2) is 11.3 Å². The van der Waals surface area contributed by atoms with Gasteiger partial charge in [0.15, 0.2) is 0 Å². The topological polar surface area (TPSA) is 26.6 Å². The van der Waals surface area contributed by atoms with Crippen molar-refractivity contribution in [1.29, 1.82) is 0 Å². The number of ether oxygens (including phenoxy) is 2. The van der Waals surface area contributed by atoms with Gasteiger partial charge < -0.3 is 18.9 Å². The van der Waals surface area contributed by atoms with Gasteiger partial charge in [-0.05, 0) is 138 Å². The number of aromatic nitrogens is 1. The fraction of sp³-hybridized carbons (Fsp3) is 0.0488. The Morgan fingerprint density at radius 2 is 0.805 bits per heavy atom. The molecule has 5 heteroatoms. The Hall–Kier alpha value is -10.9. The molecule has 4 nitrogen and oxygen atoms in total. The van der Waals surface area contributed by atoms with Gasteiger partial charge in [-0.15, -0.1) is 0 Å². The molecule has 0 N–H and O–H groups in total. The molecule has 0 atom stereocenters.